The van der Waals surface area contributed by atoms with E-state index in [1.807, 2.05) is 121 Å². The first-order chi connectivity index (χ1) is 67.9. The molecule has 0 atom stereocenters. The third-order valence-electron chi connectivity index (χ3n) is 15.1. The number of para-hydroxylation sites is 20. The Labute approximate surface area is 847 Å². The number of hydrogen-bond donors (Lipinski definition) is 19. The Balaban J connectivity index is 0.00000146. The topological polar surface area (TPSA) is 407 Å². The molecule has 0 saturated heterocycles. The molecule has 0 saturated carbocycles. The molecule has 141 heavy (non-hydrogen) atoms. The summed E-state index contributed by atoms with van der Waals surface area (Å²) in [6.45, 7) is 0. The van der Waals surface area contributed by atoms with Crippen LogP contribution in [0.3, 0.4) is 0 Å². The van der Waals surface area contributed by atoms with Gasteiger partial charge in [-0.25, -0.2) is 0 Å². The molecule has 20 aromatic rings. The Morgan fingerprint density at radius 2 is 0.121 bits per heavy atom. The van der Waals surface area contributed by atoms with E-state index in [-0.39, 0.29) is 35.3 Å². The maximum Gasteiger partial charge on any atom is 1.00 e. The molecule has 0 aliphatic carbocycles. The van der Waals surface area contributed by atoms with Crippen molar-refractivity contribution in [3.63, 3.8) is 0 Å². The molecule has 20 nitrogen and oxygen atoms in total. The summed E-state index contributed by atoms with van der Waals surface area (Å²) in [6, 6.07) is 174. The predicted molar refractivity (Wildman–Crippen MR) is 560 cm³/mol. The molecule has 21 heteroatoms. The van der Waals surface area contributed by atoms with Gasteiger partial charge < -0.3 is 102 Å². The second kappa shape index (κ2) is 88.0. The average molecular weight is 1900 g/mol. The molecule has 0 spiro atoms. The Kier molecular flexibility index (Phi) is 76.4. The smallest absolute Gasteiger partial charge is 0.872 e. The quantitative estimate of drug-likeness (QED) is 0.0627. The molecule has 0 unspecified atom stereocenters. The van der Waals surface area contributed by atoms with E-state index < -0.39 is 0 Å². The minimum absolute atomic E-state index is 0. The van der Waals surface area contributed by atoms with E-state index in [0.29, 0.717) is 109 Å². The van der Waals surface area contributed by atoms with Crippen molar-refractivity contribution in [1.29, 1.82) is 0 Å². The predicted octanol–water partition coefficient (Wildman–Crippen LogP) is 24.2. The van der Waals surface area contributed by atoms with E-state index in [9.17, 15) is 5.11 Å². The normalized spacial score (nSPS) is 8.51. The largest absolute Gasteiger partial charge is 1.00 e. The molecule has 0 aliphatic heterocycles. The van der Waals surface area contributed by atoms with Crippen LogP contribution in [0.25, 0.3) is 0 Å². The van der Waals surface area contributed by atoms with Crippen LogP contribution in [0.5, 0.6) is 115 Å². The van der Waals surface area contributed by atoms with E-state index in [1.54, 1.807) is 473 Å². The van der Waals surface area contributed by atoms with Gasteiger partial charge in [0.25, 0.3) is 0 Å². The van der Waals surface area contributed by atoms with Crippen LogP contribution in [0.15, 0.2) is 607 Å². The third-order valence-corrected chi connectivity index (χ3v) is 15.1. The number of phenolic OH excluding ortho intramolecular Hbond substituents is 19. The summed E-state index contributed by atoms with van der Waals surface area (Å²) in [4.78, 5) is 0. The molecule has 720 valence electrons. The molecule has 0 heterocycles. The van der Waals surface area contributed by atoms with Crippen LogP contribution in [0.2, 0.25) is 0 Å². The molecule has 0 bridgehead atoms. The number of rotatable bonds is 0. The van der Waals surface area contributed by atoms with Crippen LogP contribution in [0.1, 0.15) is 0 Å². The Hall–Kier alpha value is -18.6. The van der Waals surface area contributed by atoms with Crippen molar-refractivity contribution >= 4 is 0 Å². The van der Waals surface area contributed by atoms with Gasteiger partial charge in [0.1, 0.15) is 109 Å². The molecule has 20 aromatic carbocycles. The van der Waals surface area contributed by atoms with E-state index in [1.165, 1.54) is 12.1 Å². The SMILES string of the molecule is Oc1ccccc1.Oc1ccccc1.Oc1ccccc1.Oc1ccccc1.Oc1ccccc1.Oc1ccccc1.Oc1ccccc1.Oc1ccccc1.Oc1ccccc1.Oc1ccccc1.Oc1ccccc1.Oc1ccccc1.Oc1ccccc1.Oc1ccccc1.Oc1ccccc1.Oc1ccccc1.Oc1ccccc1.Oc1ccccc1.Oc1ccccc1.[Na+].[O-]c1ccccc1. The Bertz CT molecular complexity index is 4310. The van der Waals surface area contributed by atoms with Gasteiger partial charge in [0, 0.05) is 0 Å². The van der Waals surface area contributed by atoms with E-state index >= 15 is 0 Å². The third kappa shape index (κ3) is 86.6. The maximum atomic E-state index is 10.3. The summed E-state index contributed by atoms with van der Waals surface area (Å²) in [5.74, 6) is 6.19. The van der Waals surface area contributed by atoms with Crippen molar-refractivity contribution < 1.29 is 132 Å². The fourth-order valence-corrected chi connectivity index (χ4v) is 8.55. The average Bonchev–Trinajstić information content (AvgIpc) is 1.24. The van der Waals surface area contributed by atoms with Crippen molar-refractivity contribution in [2.75, 3.05) is 0 Å². The van der Waals surface area contributed by atoms with Crippen molar-refractivity contribution in [2.45, 2.75) is 0 Å². The summed E-state index contributed by atoms with van der Waals surface area (Å²) in [5, 5.41) is 174. The van der Waals surface area contributed by atoms with Crippen LogP contribution >= 0.6 is 0 Å². The number of hydrogen-bond acceptors (Lipinski definition) is 20. The first kappa shape index (κ1) is 122. The number of phenols is 19. The van der Waals surface area contributed by atoms with Gasteiger partial charge >= 0.3 is 29.6 Å². The van der Waals surface area contributed by atoms with Gasteiger partial charge in [-0.2, -0.15) is 0 Å². The van der Waals surface area contributed by atoms with E-state index in [2.05, 4.69) is 0 Å². The molecule has 0 aromatic heterocycles. The van der Waals surface area contributed by atoms with Crippen LogP contribution in [-0.4, -0.2) is 97.0 Å². The van der Waals surface area contributed by atoms with Gasteiger partial charge in [-0.15, -0.1) is 5.75 Å². The zero-order valence-electron chi connectivity index (χ0n) is 77.6. The fraction of sp³-hybridized carbons (Fsp3) is 0. The minimum Gasteiger partial charge on any atom is -0.872 e. The monoisotopic (exact) mass is 1900 g/mol. The Morgan fingerprint density at radius 3 is 0.142 bits per heavy atom. The minimum atomic E-state index is 0. The summed E-state index contributed by atoms with van der Waals surface area (Å²) in [6.07, 6.45) is 0. The molecule has 0 aliphatic rings. The molecule has 20 rings (SSSR count). The van der Waals surface area contributed by atoms with Crippen molar-refractivity contribution in [2.24, 2.45) is 0 Å². The first-order valence-electron chi connectivity index (χ1n) is 42.7. The summed E-state index contributed by atoms with van der Waals surface area (Å²) in [5.41, 5.74) is 0. The molecular formula is C120H119NaO20. The van der Waals surface area contributed by atoms with Crippen molar-refractivity contribution in [3.8, 4) is 115 Å². The van der Waals surface area contributed by atoms with Crippen LogP contribution in [-0.2, 0) is 0 Å². The second-order valence-corrected chi connectivity index (χ2v) is 26.7. The molecule has 19 N–H and O–H groups in total. The zero-order chi connectivity index (χ0) is 102. The summed E-state index contributed by atoms with van der Waals surface area (Å²) in [7, 11) is 0. The van der Waals surface area contributed by atoms with Crippen molar-refractivity contribution in [1.82, 2.24) is 0 Å². The second-order valence-electron chi connectivity index (χ2n) is 26.7. The molecule has 0 radical (unpaired) electrons. The van der Waals surface area contributed by atoms with Gasteiger partial charge in [-0.05, 0) is 231 Å². The van der Waals surface area contributed by atoms with Crippen LogP contribution in [0.4, 0.5) is 0 Å². The zero-order valence-corrected chi connectivity index (χ0v) is 79.6. The van der Waals surface area contributed by atoms with Crippen molar-refractivity contribution in [3.05, 3.63) is 607 Å². The van der Waals surface area contributed by atoms with Crippen LogP contribution in [0, 0.1) is 0 Å². The van der Waals surface area contributed by atoms with E-state index in [0.717, 1.165) is 0 Å². The standard InChI is InChI=1S/20C6H6O.Na/c20*7-6-4-2-1-3-5-6;/h20*1-5,7H;/q;;;;;;;;;;;;;;;;;;;;+1/p-1. The fourth-order valence-electron chi connectivity index (χ4n) is 8.55. The summed E-state index contributed by atoms with van der Waals surface area (Å²) < 4.78 is 0. The van der Waals surface area contributed by atoms with Gasteiger partial charge in [-0.1, -0.05) is 376 Å². The van der Waals surface area contributed by atoms with Gasteiger partial charge in [0.15, 0.2) is 0 Å². The van der Waals surface area contributed by atoms with E-state index in [4.69, 9.17) is 97.0 Å². The van der Waals surface area contributed by atoms with Crippen LogP contribution < -0.4 is 34.7 Å². The molecule has 0 amide bonds. The van der Waals surface area contributed by atoms with Gasteiger partial charge in [-0.3, -0.25) is 0 Å². The number of benzene rings is 20. The van der Waals surface area contributed by atoms with Gasteiger partial charge in [0.2, 0.25) is 0 Å². The Morgan fingerprint density at radius 1 is 0.0780 bits per heavy atom. The summed E-state index contributed by atoms with van der Waals surface area (Å²) >= 11 is 0. The molecular weight excluding hydrogens is 1780 g/mol. The number of aromatic hydroxyl groups is 19. The van der Waals surface area contributed by atoms with Gasteiger partial charge in [0.05, 0.1) is 0 Å². The first-order valence-corrected chi connectivity index (χ1v) is 42.7. The maximum absolute atomic E-state index is 10.3. The molecule has 0 fully saturated rings.